The van der Waals surface area contributed by atoms with Gasteiger partial charge in [0.2, 0.25) is 0 Å². The van der Waals surface area contributed by atoms with Gasteiger partial charge in [0.25, 0.3) is 0 Å². The number of hydrogen-bond donors (Lipinski definition) is 1. The molecule has 70 valence electrons. The summed E-state index contributed by atoms with van der Waals surface area (Å²) in [5.74, 6) is -1.41. The minimum Gasteiger partial charge on any atom is -0.468 e. The molecule has 0 fully saturated rings. The third-order valence-corrected chi connectivity index (χ3v) is 1.62. The van der Waals surface area contributed by atoms with Crippen molar-refractivity contribution in [1.82, 2.24) is 0 Å². The molecule has 0 saturated carbocycles. The maximum Gasteiger partial charge on any atom is 0.315 e. The summed E-state index contributed by atoms with van der Waals surface area (Å²) < 4.78 is 4.39. The maximum absolute atomic E-state index is 11.1. The Bertz CT molecular complexity index is 164. The highest BCUT2D eigenvalue weighted by molar-refractivity contribution is 5.98. The molecule has 0 aliphatic heterocycles. The van der Waals surface area contributed by atoms with Gasteiger partial charge >= 0.3 is 5.97 Å². The summed E-state index contributed by atoms with van der Waals surface area (Å²) in [5.41, 5.74) is 0. The van der Waals surface area contributed by atoms with Gasteiger partial charge in [-0.2, -0.15) is 0 Å². The second-order valence-electron chi connectivity index (χ2n) is 2.54. The van der Waals surface area contributed by atoms with E-state index >= 15 is 0 Å². The predicted octanol–water partition coefficient (Wildman–Crippen LogP) is 0.137. The molecule has 1 atom stereocenters. The number of ether oxygens (including phenoxy) is 1. The normalized spacial score (nSPS) is 12.2. The van der Waals surface area contributed by atoms with Crippen LogP contribution in [0, 0.1) is 5.92 Å². The van der Waals surface area contributed by atoms with Crippen molar-refractivity contribution in [3.8, 4) is 0 Å². The number of methoxy groups -OCH3 is 1. The van der Waals surface area contributed by atoms with Gasteiger partial charge in [-0.05, 0) is 13.3 Å². The molecule has 0 amide bonds. The van der Waals surface area contributed by atoms with E-state index in [9.17, 15) is 9.59 Å². The van der Waals surface area contributed by atoms with Gasteiger partial charge in [-0.15, -0.1) is 0 Å². The Morgan fingerprint density at radius 3 is 2.50 bits per heavy atom. The second kappa shape index (κ2) is 5.71. The zero-order chi connectivity index (χ0) is 9.56. The van der Waals surface area contributed by atoms with Gasteiger partial charge in [0, 0.05) is 13.0 Å². The number of aliphatic hydroxyl groups excluding tert-OH is 1. The molecule has 4 nitrogen and oxygen atoms in total. The lowest BCUT2D eigenvalue weighted by Crippen LogP contribution is -2.22. The zero-order valence-electron chi connectivity index (χ0n) is 7.37. The molecule has 1 N–H and O–H groups in total. The van der Waals surface area contributed by atoms with Crippen molar-refractivity contribution in [3.05, 3.63) is 0 Å². The van der Waals surface area contributed by atoms with Gasteiger partial charge in [0.1, 0.15) is 11.7 Å². The monoisotopic (exact) mass is 174 g/mol. The largest absolute Gasteiger partial charge is 0.468 e. The van der Waals surface area contributed by atoms with Crippen LogP contribution < -0.4 is 0 Å². The zero-order valence-corrected chi connectivity index (χ0v) is 7.37. The quantitative estimate of drug-likeness (QED) is 0.475. The van der Waals surface area contributed by atoms with E-state index in [4.69, 9.17) is 5.11 Å². The van der Waals surface area contributed by atoms with Crippen LogP contribution in [0.3, 0.4) is 0 Å². The lowest BCUT2D eigenvalue weighted by Gasteiger charge is -2.06. The van der Waals surface area contributed by atoms with Gasteiger partial charge in [0.15, 0.2) is 0 Å². The van der Waals surface area contributed by atoms with Gasteiger partial charge in [-0.1, -0.05) is 0 Å². The Kier molecular flexibility index (Phi) is 5.28. The summed E-state index contributed by atoms with van der Waals surface area (Å²) in [4.78, 5) is 21.9. The van der Waals surface area contributed by atoms with Crippen LogP contribution in [-0.2, 0) is 14.3 Å². The summed E-state index contributed by atoms with van der Waals surface area (Å²) in [5, 5.41) is 8.42. The van der Waals surface area contributed by atoms with Crippen LogP contribution in [0.1, 0.15) is 19.8 Å². The van der Waals surface area contributed by atoms with E-state index in [0.29, 0.717) is 6.42 Å². The predicted molar refractivity (Wildman–Crippen MR) is 42.5 cm³/mol. The van der Waals surface area contributed by atoms with Gasteiger partial charge < -0.3 is 9.84 Å². The minimum atomic E-state index is -0.707. The number of ketones is 1. The summed E-state index contributed by atoms with van der Waals surface area (Å²) in [6.07, 6.45) is 0.632. The van der Waals surface area contributed by atoms with Crippen LogP contribution in [0.25, 0.3) is 0 Å². The number of aliphatic hydroxyl groups is 1. The topological polar surface area (TPSA) is 63.6 Å². The van der Waals surface area contributed by atoms with Gasteiger partial charge in [-0.25, -0.2) is 0 Å². The number of hydrogen-bond acceptors (Lipinski definition) is 4. The van der Waals surface area contributed by atoms with Crippen molar-refractivity contribution in [2.45, 2.75) is 19.8 Å². The van der Waals surface area contributed by atoms with E-state index in [1.807, 2.05) is 0 Å². The van der Waals surface area contributed by atoms with Crippen molar-refractivity contribution < 1.29 is 19.4 Å². The Morgan fingerprint density at radius 1 is 1.50 bits per heavy atom. The fraction of sp³-hybridized carbons (Fsp3) is 0.750. The van der Waals surface area contributed by atoms with Crippen LogP contribution >= 0.6 is 0 Å². The first-order valence-electron chi connectivity index (χ1n) is 3.85. The molecule has 0 rings (SSSR count). The summed E-state index contributed by atoms with van der Waals surface area (Å²) in [6.45, 7) is 1.48. The molecule has 0 saturated heterocycles. The van der Waals surface area contributed by atoms with E-state index in [2.05, 4.69) is 4.74 Å². The Hall–Kier alpha value is -0.900. The number of esters is 1. The van der Waals surface area contributed by atoms with E-state index in [1.165, 1.54) is 14.0 Å². The standard InChI is InChI=1S/C8H14O4/c1-6(8(11)12-2)7(10)4-3-5-9/h6,9H,3-5H2,1-2H3. The van der Waals surface area contributed by atoms with Crippen LogP contribution in [0.4, 0.5) is 0 Å². The average molecular weight is 174 g/mol. The molecule has 0 aromatic heterocycles. The first kappa shape index (κ1) is 11.1. The molecule has 0 aromatic rings. The fourth-order valence-electron chi connectivity index (χ4n) is 0.778. The molecule has 0 aliphatic carbocycles. The minimum absolute atomic E-state index is 0.0281. The van der Waals surface area contributed by atoms with E-state index in [0.717, 1.165) is 0 Å². The molecule has 0 heterocycles. The fourth-order valence-corrected chi connectivity index (χ4v) is 0.778. The van der Waals surface area contributed by atoms with Crippen LogP contribution in [-0.4, -0.2) is 30.6 Å². The molecule has 1 unspecified atom stereocenters. The number of rotatable bonds is 5. The molecular formula is C8H14O4. The third-order valence-electron chi connectivity index (χ3n) is 1.62. The summed E-state index contributed by atoms with van der Waals surface area (Å²) in [7, 11) is 1.25. The van der Waals surface area contributed by atoms with Gasteiger partial charge in [0.05, 0.1) is 7.11 Å². The highest BCUT2D eigenvalue weighted by atomic mass is 16.5. The molecular weight excluding hydrogens is 160 g/mol. The maximum atomic E-state index is 11.1. The number of carbonyl (C=O) groups is 2. The van der Waals surface area contributed by atoms with Crippen molar-refractivity contribution in [2.24, 2.45) is 5.92 Å². The summed E-state index contributed by atoms with van der Waals surface area (Å²) >= 11 is 0. The van der Waals surface area contributed by atoms with Crippen LogP contribution in [0.15, 0.2) is 0 Å². The highest BCUT2D eigenvalue weighted by Gasteiger charge is 2.20. The molecule has 0 aromatic carbocycles. The molecule has 0 bridgehead atoms. The second-order valence-corrected chi connectivity index (χ2v) is 2.54. The van der Waals surface area contributed by atoms with Crippen LogP contribution in [0.5, 0.6) is 0 Å². The third kappa shape index (κ3) is 3.48. The Balaban J connectivity index is 3.84. The van der Waals surface area contributed by atoms with Crippen molar-refractivity contribution in [1.29, 1.82) is 0 Å². The van der Waals surface area contributed by atoms with Crippen LogP contribution in [0.2, 0.25) is 0 Å². The first-order chi connectivity index (χ1) is 5.63. The highest BCUT2D eigenvalue weighted by Crippen LogP contribution is 2.04. The number of Topliss-reactive ketones (excluding diaryl/α,β-unsaturated/α-hetero) is 1. The lowest BCUT2D eigenvalue weighted by molar-refractivity contribution is -0.148. The van der Waals surface area contributed by atoms with Crippen molar-refractivity contribution >= 4 is 11.8 Å². The lowest BCUT2D eigenvalue weighted by atomic mass is 10.0. The molecule has 12 heavy (non-hydrogen) atoms. The van der Waals surface area contributed by atoms with Crippen molar-refractivity contribution in [3.63, 3.8) is 0 Å². The molecule has 0 radical (unpaired) electrons. The smallest absolute Gasteiger partial charge is 0.315 e. The van der Waals surface area contributed by atoms with Crippen molar-refractivity contribution in [2.75, 3.05) is 13.7 Å². The Morgan fingerprint density at radius 2 is 2.08 bits per heavy atom. The van der Waals surface area contributed by atoms with E-state index < -0.39 is 11.9 Å². The molecule has 0 aliphatic rings. The van der Waals surface area contributed by atoms with E-state index in [-0.39, 0.29) is 18.8 Å². The SMILES string of the molecule is COC(=O)C(C)C(=O)CCCO. The first-order valence-corrected chi connectivity index (χ1v) is 3.85. The number of carbonyl (C=O) groups excluding carboxylic acids is 2. The Labute approximate surface area is 71.5 Å². The average Bonchev–Trinajstić information content (AvgIpc) is 2.11. The molecule has 4 heteroatoms. The summed E-state index contributed by atoms with van der Waals surface area (Å²) in [6, 6.07) is 0. The molecule has 0 spiro atoms. The van der Waals surface area contributed by atoms with E-state index in [1.54, 1.807) is 0 Å². The van der Waals surface area contributed by atoms with Gasteiger partial charge in [-0.3, -0.25) is 9.59 Å².